The molecule has 2 rings (SSSR count). The number of halogens is 2. The number of hydrogen-bond acceptors (Lipinski definition) is 3. The Morgan fingerprint density at radius 3 is 2.60 bits per heavy atom. The molecule has 0 aliphatic carbocycles. The van der Waals surface area contributed by atoms with E-state index in [0.29, 0.717) is 16.3 Å². The molecule has 20 heavy (non-hydrogen) atoms. The Balaban J connectivity index is 2.12. The lowest BCUT2D eigenvalue weighted by atomic mass is 9.79. The quantitative estimate of drug-likeness (QED) is 0.849. The van der Waals surface area contributed by atoms with Gasteiger partial charge in [0.25, 0.3) is 0 Å². The van der Waals surface area contributed by atoms with E-state index in [9.17, 15) is 4.39 Å². The summed E-state index contributed by atoms with van der Waals surface area (Å²) in [4.78, 5) is 0. The Labute approximate surface area is 121 Å². The zero-order valence-electron chi connectivity index (χ0n) is 10.8. The minimum atomic E-state index is -1.71. The molecule has 2 aromatic rings. The van der Waals surface area contributed by atoms with E-state index in [-0.39, 0.29) is 12.1 Å². The van der Waals surface area contributed by atoms with Gasteiger partial charge in [0.1, 0.15) is 18.2 Å². The third kappa shape index (κ3) is 3.73. The summed E-state index contributed by atoms with van der Waals surface area (Å²) < 4.78 is 18.9. The van der Waals surface area contributed by atoms with Crippen LogP contribution in [0.25, 0.3) is 0 Å². The average Bonchev–Trinajstić information content (AvgIpc) is 2.39. The summed E-state index contributed by atoms with van der Waals surface area (Å²) in [6, 6.07) is 9.06. The van der Waals surface area contributed by atoms with E-state index >= 15 is 0 Å². The molecular weight excluding hydrogens is 281 g/mol. The fourth-order valence-corrected chi connectivity index (χ4v) is 1.90. The fraction of sp³-hybridized carbons (Fsp3) is 0.143. The molecule has 104 valence electrons. The van der Waals surface area contributed by atoms with Gasteiger partial charge in [0.2, 0.25) is 0 Å². The molecule has 6 heteroatoms. The van der Waals surface area contributed by atoms with Gasteiger partial charge in [0, 0.05) is 5.02 Å². The van der Waals surface area contributed by atoms with Crippen LogP contribution in [0.5, 0.6) is 5.75 Å². The number of rotatable bonds is 4. The molecule has 2 aromatic carbocycles. The van der Waals surface area contributed by atoms with Crippen LogP contribution in [-0.4, -0.2) is 17.2 Å². The third-order valence-electron chi connectivity index (χ3n) is 2.81. The van der Waals surface area contributed by atoms with Gasteiger partial charge in [0.15, 0.2) is 0 Å². The number of ether oxygens (including phenoxy) is 1. The largest absolute Gasteiger partial charge is 0.489 e. The molecule has 0 bridgehead atoms. The molecule has 0 aliphatic rings. The van der Waals surface area contributed by atoms with Gasteiger partial charge in [-0.1, -0.05) is 17.7 Å². The van der Waals surface area contributed by atoms with Gasteiger partial charge in [-0.05, 0) is 53.8 Å². The van der Waals surface area contributed by atoms with Crippen LogP contribution in [0, 0.1) is 12.7 Å². The predicted molar refractivity (Wildman–Crippen MR) is 76.7 cm³/mol. The van der Waals surface area contributed by atoms with E-state index in [2.05, 4.69) is 0 Å². The Kier molecular flexibility index (Phi) is 4.65. The van der Waals surface area contributed by atoms with Gasteiger partial charge < -0.3 is 14.8 Å². The summed E-state index contributed by atoms with van der Waals surface area (Å²) in [6.45, 7) is 1.98. The van der Waals surface area contributed by atoms with E-state index in [4.69, 9.17) is 26.4 Å². The van der Waals surface area contributed by atoms with Crippen molar-refractivity contribution >= 4 is 24.2 Å². The molecule has 0 heterocycles. The Hall–Kier alpha value is -1.56. The maximum atomic E-state index is 13.3. The molecular formula is C14H13BClFO3. The third-order valence-corrected chi connectivity index (χ3v) is 3.24. The highest BCUT2D eigenvalue weighted by atomic mass is 35.5. The highest BCUT2D eigenvalue weighted by Gasteiger charge is 2.13. The van der Waals surface area contributed by atoms with Crippen molar-refractivity contribution in [3.63, 3.8) is 0 Å². The first-order valence-corrected chi connectivity index (χ1v) is 6.38. The number of hydrogen-bond donors (Lipinski definition) is 2. The molecule has 0 saturated heterocycles. The first-order chi connectivity index (χ1) is 9.45. The second-order valence-corrected chi connectivity index (χ2v) is 4.87. The molecule has 0 amide bonds. The zero-order valence-corrected chi connectivity index (χ0v) is 11.6. The topological polar surface area (TPSA) is 49.7 Å². The molecule has 2 N–H and O–H groups in total. The molecule has 0 unspecified atom stereocenters. The van der Waals surface area contributed by atoms with Crippen LogP contribution in [0.1, 0.15) is 11.1 Å². The van der Waals surface area contributed by atoms with Gasteiger partial charge in [-0.25, -0.2) is 4.39 Å². The molecule has 0 spiro atoms. The van der Waals surface area contributed by atoms with E-state index < -0.39 is 12.9 Å². The van der Waals surface area contributed by atoms with Gasteiger partial charge in [0.05, 0.1) is 0 Å². The van der Waals surface area contributed by atoms with Crippen molar-refractivity contribution in [2.75, 3.05) is 0 Å². The average molecular weight is 295 g/mol. The molecule has 0 aliphatic heterocycles. The smallest absolute Gasteiger partial charge is 0.488 e. The number of benzene rings is 2. The Morgan fingerprint density at radius 2 is 1.95 bits per heavy atom. The predicted octanol–water partition coefficient (Wildman–Crippen LogP) is 2.05. The molecule has 0 fully saturated rings. The lowest BCUT2D eigenvalue weighted by Gasteiger charge is -2.09. The Morgan fingerprint density at radius 1 is 1.20 bits per heavy atom. The highest BCUT2D eigenvalue weighted by Crippen LogP contribution is 2.21. The molecule has 0 saturated carbocycles. The molecule has 0 radical (unpaired) electrons. The van der Waals surface area contributed by atoms with Gasteiger partial charge in [-0.2, -0.15) is 0 Å². The van der Waals surface area contributed by atoms with E-state index in [1.54, 1.807) is 18.2 Å². The van der Waals surface area contributed by atoms with Crippen molar-refractivity contribution < 1.29 is 19.2 Å². The molecule has 0 aromatic heterocycles. The van der Waals surface area contributed by atoms with Gasteiger partial charge in [-0.3, -0.25) is 0 Å². The second kappa shape index (κ2) is 6.26. The Bertz CT molecular complexity index is 619. The SMILES string of the molecule is Cc1cc(OCc2cc(F)cc(B(O)O)c2)ccc1Cl. The van der Waals surface area contributed by atoms with Crippen molar-refractivity contribution in [2.24, 2.45) is 0 Å². The van der Waals surface area contributed by atoms with Crippen LogP contribution < -0.4 is 10.2 Å². The lowest BCUT2D eigenvalue weighted by molar-refractivity contribution is 0.305. The van der Waals surface area contributed by atoms with Crippen LogP contribution in [0.2, 0.25) is 5.02 Å². The van der Waals surface area contributed by atoms with Crippen LogP contribution in [0.3, 0.4) is 0 Å². The van der Waals surface area contributed by atoms with Crippen molar-refractivity contribution in [1.82, 2.24) is 0 Å². The summed E-state index contributed by atoms with van der Waals surface area (Å²) >= 11 is 5.91. The standard InChI is InChI=1S/C14H13BClFO3/c1-9-4-13(2-3-14(9)16)20-8-10-5-11(15(18)19)7-12(17)6-10/h2-7,18-19H,8H2,1H3. The van der Waals surface area contributed by atoms with Crippen molar-refractivity contribution in [2.45, 2.75) is 13.5 Å². The molecule has 3 nitrogen and oxygen atoms in total. The number of aryl methyl sites for hydroxylation is 1. The summed E-state index contributed by atoms with van der Waals surface area (Å²) in [5.41, 5.74) is 1.49. The van der Waals surface area contributed by atoms with Crippen molar-refractivity contribution in [1.29, 1.82) is 0 Å². The fourth-order valence-electron chi connectivity index (χ4n) is 1.78. The summed E-state index contributed by atoms with van der Waals surface area (Å²) in [7, 11) is -1.71. The maximum Gasteiger partial charge on any atom is 0.488 e. The van der Waals surface area contributed by atoms with E-state index in [1.165, 1.54) is 12.1 Å². The normalized spacial score (nSPS) is 10.4. The van der Waals surface area contributed by atoms with Crippen molar-refractivity contribution in [3.8, 4) is 5.75 Å². The summed E-state index contributed by atoms with van der Waals surface area (Å²) in [6.07, 6.45) is 0. The van der Waals surface area contributed by atoms with Gasteiger partial charge >= 0.3 is 7.12 Å². The van der Waals surface area contributed by atoms with Crippen LogP contribution in [0.4, 0.5) is 4.39 Å². The monoisotopic (exact) mass is 294 g/mol. The van der Waals surface area contributed by atoms with Crippen LogP contribution in [0.15, 0.2) is 36.4 Å². The molecule has 0 atom stereocenters. The van der Waals surface area contributed by atoms with E-state index in [0.717, 1.165) is 11.6 Å². The van der Waals surface area contributed by atoms with Crippen molar-refractivity contribution in [3.05, 3.63) is 58.4 Å². The van der Waals surface area contributed by atoms with Crippen LogP contribution in [-0.2, 0) is 6.61 Å². The van der Waals surface area contributed by atoms with Crippen LogP contribution >= 0.6 is 11.6 Å². The first kappa shape index (κ1) is 14.8. The van der Waals surface area contributed by atoms with Gasteiger partial charge in [-0.15, -0.1) is 0 Å². The second-order valence-electron chi connectivity index (χ2n) is 4.47. The highest BCUT2D eigenvalue weighted by molar-refractivity contribution is 6.58. The van der Waals surface area contributed by atoms with E-state index in [1.807, 2.05) is 6.92 Å². The summed E-state index contributed by atoms with van der Waals surface area (Å²) in [5, 5.41) is 18.8. The first-order valence-electron chi connectivity index (χ1n) is 6.00. The lowest BCUT2D eigenvalue weighted by Crippen LogP contribution is -2.30. The minimum Gasteiger partial charge on any atom is -0.489 e. The minimum absolute atomic E-state index is 0.0934. The maximum absolute atomic E-state index is 13.3. The summed E-state index contributed by atoms with van der Waals surface area (Å²) in [5.74, 6) is 0.0729. The zero-order chi connectivity index (χ0) is 14.7.